The molecule has 0 bridgehead atoms. The van der Waals surface area contributed by atoms with E-state index in [4.69, 9.17) is 18.0 Å². The summed E-state index contributed by atoms with van der Waals surface area (Å²) < 4.78 is 15.4. The second-order valence-electron chi connectivity index (χ2n) is 4.52. The third kappa shape index (κ3) is 3.19. The molecule has 2 N–H and O–H groups in total. The van der Waals surface area contributed by atoms with Crippen molar-refractivity contribution in [1.29, 1.82) is 0 Å². The van der Waals surface area contributed by atoms with Crippen molar-refractivity contribution in [2.75, 3.05) is 0 Å². The van der Waals surface area contributed by atoms with E-state index in [-0.39, 0.29) is 10.8 Å². The summed E-state index contributed by atoms with van der Waals surface area (Å²) in [6, 6.07) is 4.60. The number of hydrogen-bond acceptors (Lipinski definition) is 3. The quantitative estimate of drug-likeness (QED) is 0.859. The zero-order valence-electron chi connectivity index (χ0n) is 11.6. The summed E-state index contributed by atoms with van der Waals surface area (Å²) >= 11 is 4.89. The highest BCUT2D eigenvalue weighted by molar-refractivity contribution is 7.80. The zero-order valence-corrected chi connectivity index (χ0v) is 12.4. The molecule has 2 aromatic rings. The fourth-order valence-corrected chi connectivity index (χ4v) is 2.14. The minimum atomic E-state index is -0.348. The van der Waals surface area contributed by atoms with Crippen LogP contribution in [0.5, 0.6) is 0 Å². The lowest BCUT2D eigenvalue weighted by Gasteiger charge is -2.07. The van der Waals surface area contributed by atoms with Crippen LogP contribution >= 0.6 is 12.2 Å². The van der Waals surface area contributed by atoms with Gasteiger partial charge in [-0.05, 0) is 23.8 Å². The number of benzene rings is 1. The van der Waals surface area contributed by atoms with Crippen molar-refractivity contribution in [3.8, 4) is 0 Å². The summed E-state index contributed by atoms with van der Waals surface area (Å²) in [5.74, 6) is 1.34. The maximum atomic E-state index is 13.6. The van der Waals surface area contributed by atoms with Crippen LogP contribution < -0.4 is 5.73 Å². The molecule has 0 aliphatic heterocycles. The Kier molecular flexibility index (Phi) is 4.44. The van der Waals surface area contributed by atoms with Crippen LogP contribution in [-0.2, 0) is 19.4 Å². The SMILES string of the molecule is CCc1nc(CC)n(Cc2cc(F)cc(C(N)=S)c2)n1. The molecule has 1 heterocycles. The average molecular weight is 292 g/mol. The fraction of sp³-hybridized carbons (Fsp3) is 0.357. The molecule has 1 aromatic carbocycles. The lowest BCUT2D eigenvalue weighted by molar-refractivity contribution is 0.610. The van der Waals surface area contributed by atoms with Crippen molar-refractivity contribution < 1.29 is 4.39 Å². The van der Waals surface area contributed by atoms with Gasteiger partial charge in [0.15, 0.2) is 5.82 Å². The van der Waals surface area contributed by atoms with Crippen LogP contribution in [0.2, 0.25) is 0 Å². The Morgan fingerprint density at radius 2 is 2.05 bits per heavy atom. The molecule has 2 rings (SSSR count). The summed E-state index contributed by atoms with van der Waals surface area (Å²) in [5.41, 5.74) is 6.86. The molecule has 0 fully saturated rings. The Hall–Kier alpha value is -1.82. The Morgan fingerprint density at radius 1 is 1.30 bits per heavy atom. The number of aromatic nitrogens is 3. The first kappa shape index (κ1) is 14.6. The number of thiocarbonyl (C=S) groups is 1. The van der Waals surface area contributed by atoms with E-state index in [2.05, 4.69) is 10.1 Å². The molecule has 0 spiro atoms. The standard InChI is InChI=1S/C14H17FN4S/c1-3-12-17-13(4-2)19(18-12)8-9-5-10(14(16)20)7-11(15)6-9/h5-7H,3-4,8H2,1-2H3,(H2,16,20). The van der Waals surface area contributed by atoms with Crippen LogP contribution in [0.25, 0.3) is 0 Å². The van der Waals surface area contributed by atoms with Crippen molar-refractivity contribution in [3.05, 3.63) is 46.8 Å². The van der Waals surface area contributed by atoms with Crippen LogP contribution in [-0.4, -0.2) is 19.8 Å². The fourth-order valence-electron chi connectivity index (χ4n) is 2.02. The van der Waals surface area contributed by atoms with Crippen molar-refractivity contribution in [1.82, 2.24) is 14.8 Å². The zero-order chi connectivity index (χ0) is 14.7. The van der Waals surface area contributed by atoms with Crippen molar-refractivity contribution in [2.45, 2.75) is 33.2 Å². The van der Waals surface area contributed by atoms with Gasteiger partial charge in [0, 0.05) is 18.4 Å². The molecule has 0 amide bonds. The second-order valence-corrected chi connectivity index (χ2v) is 4.96. The van der Waals surface area contributed by atoms with E-state index < -0.39 is 0 Å². The van der Waals surface area contributed by atoms with Gasteiger partial charge in [0.2, 0.25) is 0 Å². The third-order valence-corrected chi connectivity index (χ3v) is 3.23. The maximum Gasteiger partial charge on any atom is 0.150 e. The summed E-state index contributed by atoms with van der Waals surface area (Å²) in [5, 5.41) is 4.42. The van der Waals surface area contributed by atoms with Gasteiger partial charge in [-0.2, -0.15) is 5.10 Å². The van der Waals surface area contributed by atoms with Gasteiger partial charge in [0.25, 0.3) is 0 Å². The molecule has 0 aliphatic rings. The van der Waals surface area contributed by atoms with Crippen molar-refractivity contribution in [3.63, 3.8) is 0 Å². The lowest BCUT2D eigenvalue weighted by Crippen LogP contribution is -2.12. The largest absolute Gasteiger partial charge is 0.389 e. The molecule has 20 heavy (non-hydrogen) atoms. The monoisotopic (exact) mass is 292 g/mol. The van der Waals surface area contributed by atoms with E-state index in [0.29, 0.717) is 12.1 Å². The van der Waals surface area contributed by atoms with Crippen LogP contribution in [0.15, 0.2) is 18.2 Å². The molecular weight excluding hydrogens is 275 g/mol. The number of nitrogens with two attached hydrogens (primary N) is 1. The van der Waals surface area contributed by atoms with E-state index in [1.807, 2.05) is 13.8 Å². The van der Waals surface area contributed by atoms with E-state index in [0.717, 1.165) is 30.1 Å². The molecular formula is C14H17FN4S. The Balaban J connectivity index is 2.34. The maximum absolute atomic E-state index is 13.6. The molecule has 1 aromatic heterocycles. The Morgan fingerprint density at radius 3 is 2.65 bits per heavy atom. The smallest absolute Gasteiger partial charge is 0.150 e. The van der Waals surface area contributed by atoms with Gasteiger partial charge in [-0.3, -0.25) is 0 Å². The predicted octanol–water partition coefficient (Wildman–Crippen LogP) is 2.22. The third-order valence-electron chi connectivity index (χ3n) is 3.00. The first-order chi connectivity index (χ1) is 9.53. The van der Waals surface area contributed by atoms with E-state index in [9.17, 15) is 4.39 Å². The number of nitrogens with zero attached hydrogens (tertiary/aromatic N) is 3. The molecule has 106 valence electrons. The lowest BCUT2D eigenvalue weighted by atomic mass is 10.1. The average Bonchev–Trinajstić information content (AvgIpc) is 2.80. The topological polar surface area (TPSA) is 56.7 Å². The molecule has 0 unspecified atom stereocenters. The van der Waals surface area contributed by atoms with Gasteiger partial charge in [-0.1, -0.05) is 26.1 Å². The second kappa shape index (κ2) is 6.09. The number of rotatable bonds is 5. The van der Waals surface area contributed by atoms with E-state index in [1.165, 1.54) is 12.1 Å². The highest BCUT2D eigenvalue weighted by Gasteiger charge is 2.09. The minimum Gasteiger partial charge on any atom is -0.389 e. The van der Waals surface area contributed by atoms with Crippen molar-refractivity contribution in [2.24, 2.45) is 5.73 Å². The summed E-state index contributed by atoms with van der Waals surface area (Å²) in [7, 11) is 0. The highest BCUT2D eigenvalue weighted by atomic mass is 32.1. The molecule has 0 atom stereocenters. The first-order valence-corrected chi connectivity index (χ1v) is 6.96. The summed E-state index contributed by atoms with van der Waals surface area (Å²) in [6.45, 7) is 4.49. The highest BCUT2D eigenvalue weighted by Crippen LogP contribution is 2.12. The summed E-state index contributed by atoms with van der Waals surface area (Å²) in [6.07, 6.45) is 1.56. The summed E-state index contributed by atoms with van der Waals surface area (Å²) in [4.78, 5) is 4.62. The van der Waals surface area contributed by atoms with E-state index >= 15 is 0 Å². The number of aryl methyl sites for hydroxylation is 2. The van der Waals surface area contributed by atoms with Crippen LogP contribution in [0.4, 0.5) is 4.39 Å². The van der Waals surface area contributed by atoms with Gasteiger partial charge in [-0.15, -0.1) is 0 Å². The molecule has 0 radical (unpaired) electrons. The normalized spacial score (nSPS) is 10.8. The van der Waals surface area contributed by atoms with Crippen molar-refractivity contribution >= 4 is 17.2 Å². The molecule has 0 saturated heterocycles. The molecule has 6 heteroatoms. The molecule has 4 nitrogen and oxygen atoms in total. The minimum absolute atomic E-state index is 0.189. The van der Waals surface area contributed by atoms with Crippen LogP contribution in [0, 0.1) is 5.82 Å². The first-order valence-electron chi connectivity index (χ1n) is 6.55. The predicted molar refractivity (Wildman–Crippen MR) is 80.2 cm³/mol. The van der Waals surface area contributed by atoms with Gasteiger partial charge in [0.1, 0.15) is 16.6 Å². The number of hydrogen-bond donors (Lipinski definition) is 1. The Bertz CT molecular complexity index is 636. The van der Waals surface area contributed by atoms with Crippen LogP contribution in [0.3, 0.4) is 0 Å². The molecule has 0 aliphatic carbocycles. The molecule has 0 saturated carbocycles. The van der Waals surface area contributed by atoms with Gasteiger partial charge in [-0.25, -0.2) is 14.1 Å². The Labute approximate surface area is 122 Å². The van der Waals surface area contributed by atoms with Gasteiger partial charge < -0.3 is 5.73 Å². The van der Waals surface area contributed by atoms with Gasteiger partial charge >= 0.3 is 0 Å². The van der Waals surface area contributed by atoms with Crippen LogP contribution in [0.1, 0.15) is 36.6 Å². The van der Waals surface area contributed by atoms with E-state index in [1.54, 1.807) is 10.7 Å². The number of halogens is 1. The van der Waals surface area contributed by atoms with Gasteiger partial charge in [0.05, 0.1) is 6.54 Å².